The third kappa shape index (κ3) is 3.89. The number of aliphatic hydroxyl groups excluding tert-OH is 2. The molecule has 7 heteroatoms. The third-order valence-electron chi connectivity index (χ3n) is 3.33. The van der Waals surface area contributed by atoms with Gasteiger partial charge in [-0.15, -0.1) is 0 Å². The van der Waals surface area contributed by atoms with Crippen molar-refractivity contribution in [2.75, 3.05) is 13.2 Å². The fraction of sp³-hybridized carbons (Fsp3) is 0.833. The second-order valence-corrected chi connectivity index (χ2v) is 5.03. The fourth-order valence-electron chi connectivity index (χ4n) is 2.17. The van der Waals surface area contributed by atoms with E-state index < -0.39 is 24.1 Å². The van der Waals surface area contributed by atoms with Crippen LogP contribution < -0.4 is 11.1 Å². The minimum atomic E-state index is -1.02. The molecule has 0 aromatic carbocycles. The molecule has 1 fully saturated rings. The fourth-order valence-corrected chi connectivity index (χ4v) is 2.17. The molecule has 1 aliphatic heterocycles. The molecular formula is C12H23N3O4. The monoisotopic (exact) mass is 273 g/mol. The smallest absolute Gasteiger partial charge is 0.248 e. The lowest BCUT2D eigenvalue weighted by molar-refractivity contribution is -0.140. The normalized spacial score (nSPS) is 23.8. The van der Waals surface area contributed by atoms with Crippen LogP contribution in [0.4, 0.5) is 0 Å². The van der Waals surface area contributed by atoms with Gasteiger partial charge in [-0.3, -0.25) is 9.59 Å². The quantitative estimate of drug-likeness (QED) is 0.471. The Hall–Kier alpha value is -1.18. The highest BCUT2D eigenvalue weighted by atomic mass is 16.3. The Morgan fingerprint density at radius 2 is 2.11 bits per heavy atom. The first-order valence-electron chi connectivity index (χ1n) is 6.53. The van der Waals surface area contributed by atoms with Crippen LogP contribution in [0.2, 0.25) is 0 Å². The molecule has 7 nitrogen and oxygen atoms in total. The van der Waals surface area contributed by atoms with Crippen molar-refractivity contribution in [2.45, 2.75) is 50.9 Å². The van der Waals surface area contributed by atoms with Gasteiger partial charge in [0.05, 0.1) is 24.8 Å². The highest BCUT2D eigenvalue weighted by molar-refractivity contribution is 5.90. The zero-order valence-electron chi connectivity index (χ0n) is 11.4. The van der Waals surface area contributed by atoms with Crippen molar-refractivity contribution in [1.29, 1.82) is 0 Å². The van der Waals surface area contributed by atoms with Crippen LogP contribution in [-0.4, -0.2) is 64.3 Å². The summed E-state index contributed by atoms with van der Waals surface area (Å²) in [5.41, 5.74) is 5.43. The molecule has 0 aromatic heterocycles. The number of nitrogens with one attached hydrogen (secondary N) is 1. The predicted octanol–water partition coefficient (Wildman–Crippen LogP) is -1.82. The van der Waals surface area contributed by atoms with E-state index in [9.17, 15) is 19.8 Å². The van der Waals surface area contributed by atoms with Crippen LogP contribution in [0.1, 0.15) is 26.7 Å². The summed E-state index contributed by atoms with van der Waals surface area (Å²) in [4.78, 5) is 25.4. The van der Waals surface area contributed by atoms with E-state index in [4.69, 9.17) is 5.73 Å². The van der Waals surface area contributed by atoms with Gasteiger partial charge in [0.2, 0.25) is 11.8 Å². The minimum absolute atomic E-state index is 0.112. The van der Waals surface area contributed by atoms with Crippen LogP contribution in [-0.2, 0) is 9.59 Å². The number of amides is 2. The van der Waals surface area contributed by atoms with Gasteiger partial charge in [0.1, 0.15) is 6.04 Å². The van der Waals surface area contributed by atoms with Gasteiger partial charge in [-0.05, 0) is 26.7 Å². The van der Waals surface area contributed by atoms with Gasteiger partial charge in [-0.2, -0.15) is 0 Å². The summed E-state index contributed by atoms with van der Waals surface area (Å²) >= 11 is 0. The van der Waals surface area contributed by atoms with Gasteiger partial charge in [0, 0.05) is 6.54 Å². The second kappa shape index (κ2) is 6.83. The van der Waals surface area contributed by atoms with Crippen molar-refractivity contribution in [3.05, 3.63) is 0 Å². The van der Waals surface area contributed by atoms with Gasteiger partial charge in [0.25, 0.3) is 0 Å². The summed E-state index contributed by atoms with van der Waals surface area (Å²) in [5, 5.41) is 21.3. The van der Waals surface area contributed by atoms with E-state index in [0.717, 1.165) is 12.8 Å². The first-order valence-corrected chi connectivity index (χ1v) is 6.53. The molecule has 1 aliphatic rings. The average molecular weight is 273 g/mol. The molecule has 0 radical (unpaired) electrons. The topological polar surface area (TPSA) is 116 Å². The van der Waals surface area contributed by atoms with Crippen molar-refractivity contribution in [3.63, 3.8) is 0 Å². The largest absolute Gasteiger partial charge is 0.394 e. The summed E-state index contributed by atoms with van der Waals surface area (Å²) < 4.78 is 0. The second-order valence-electron chi connectivity index (χ2n) is 5.03. The number of rotatable bonds is 5. The minimum Gasteiger partial charge on any atom is -0.394 e. The van der Waals surface area contributed by atoms with Crippen LogP contribution in [0.5, 0.6) is 0 Å². The molecule has 0 spiro atoms. The lowest BCUT2D eigenvalue weighted by atomic mass is 10.1. The highest BCUT2D eigenvalue weighted by Gasteiger charge is 2.35. The SMILES string of the molecule is C[C@H](N)C(=O)N[C@H](C(=O)N1CCC[C@H]1CO)[C@@H](C)O. The van der Waals surface area contributed by atoms with E-state index in [1.807, 2.05) is 0 Å². The summed E-state index contributed by atoms with van der Waals surface area (Å²) in [6.45, 7) is 3.36. The summed E-state index contributed by atoms with van der Waals surface area (Å²) in [6.07, 6.45) is 0.524. The van der Waals surface area contributed by atoms with Crippen molar-refractivity contribution in [3.8, 4) is 0 Å². The molecule has 4 atom stereocenters. The molecule has 1 saturated heterocycles. The number of likely N-dealkylation sites (tertiary alicyclic amines) is 1. The molecule has 19 heavy (non-hydrogen) atoms. The predicted molar refractivity (Wildman–Crippen MR) is 69.1 cm³/mol. The Labute approximate surface area is 112 Å². The number of carbonyl (C=O) groups excluding carboxylic acids is 2. The van der Waals surface area contributed by atoms with Gasteiger partial charge >= 0.3 is 0 Å². The lowest BCUT2D eigenvalue weighted by Crippen LogP contribution is -2.57. The Balaban J connectivity index is 2.75. The number of carbonyl (C=O) groups is 2. The number of aliphatic hydroxyl groups is 2. The summed E-state index contributed by atoms with van der Waals surface area (Å²) in [6, 6.07) is -2.01. The molecule has 1 heterocycles. The molecule has 0 saturated carbocycles. The van der Waals surface area contributed by atoms with Crippen LogP contribution in [0.15, 0.2) is 0 Å². The summed E-state index contributed by atoms with van der Waals surface area (Å²) in [5.74, 6) is -0.862. The van der Waals surface area contributed by atoms with Gasteiger partial charge in [-0.25, -0.2) is 0 Å². The number of nitrogens with two attached hydrogens (primary N) is 1. The van der Waals surface area contributed by atoms with E-state index in [1.165, 1.54) is 18.7 Å². The standard InChI is InChI=1S/C12H23N3O4/c1-7(13)11(18)14-10(8(2)17)12(19)15-5-3-4-9(15)6-16/h7-10,16-17H,3-6,13H2,1-2H3,(H,14,18)/t7-,8+,9-,10-/m0/s1. The molecule has 0 bridgehead atoms. The van der Waals surface area contributed by atoms with Crippen LogP contribution in [0.25, 0.3) is 0 Å². The number of nitrogens with zero attached hydrogens (tertiary/aromatic N) is 1. The number of hydrogen-bond acceptors (Lipinski definition) is 5. The van der Waals surface area contributed by atoms with E-state index in [2.05, 4.69) is 5.32 Å². The van der Waals surface area contributed by atoms with E-state index in [1.54, 1.807) is 0 Å². The molecule has 0 aliphatic carbocycles. The Bertz CT molecular complexity index is 333. The van der Waals surface area contributed by atoms with E-state index >= 15 is 0 Å². The zero-order chi connectivity index (χ0) is 14.6. The van der Waals surface area contributed by atoms with Crippen LogP contribution in [0.3, 0.4) is 0 Å². The van der Waals surface area contributed by atoms with Crippen LogP contribution >= 0.6 is 0 Å². The Morgan fingerprint density at radius 1 is 1.47 bits per heavy atom. The molecule has 5 N–H and O–H groups in total. The first-order chi connectivity index (χ1) is 8.88. The Morgan fingerprint density at radius 3 is 2.58 bits per heavy atom. The maximum Gasteiger partial charge on any atom is 0.248 e. The van der Waals surface area contributed by atoms with Gasteiger partial charge in [0.15, 0.2) is 0 Å². The Kier molecular flexibility index (Phi) is 5.71. The lowest BCUT2D eigenvalue weighted by Gasteiger charge is -2.30. The van der Waals surface area contributed by atoms with Crippen molar-refractivity contribution in [2.24, 2.45) is 5.73 Å². The molecule has 2 amide bonds. The van der Waals surface area contributed by atoms with E-state index in [-0.39, 0.29) is 18.6 Å². The van der Waals surface area contributed by atoms with Crippen molar-refractivity contribution >= 4 is 11.8 Å². The van der Waals surface area contributed by atoms with Gasteiger partial charge < -0.3 is 26.2 Å². The molecule has 0 unspecified atom stereocenters. The van der Waals surface area contributed by atoms with Crippen molar-refractivity contribution in [1.82, 2.24) is 10.2 Å². The molecule has 110 valence electrons. The summed E-state index contributed by atoms with van der Waals surface area (Å²) in [7, 11) is 0. The van der Waals surface area contributed by atoms with Gasteiger partial charge in [-0.1, -0.05) is 0 Å². The van der Waals surface area contributed by atoms with Crippen molar-refractivity contribution < 1.29 is 19.8 Å². The molecule has 0 aromatic rings. The molecule has 1 rings (SSSR count). The number of hydrogen-bond donors (Lipinski definition) is 4. The maximum absolute atomic E-state index is 12.3. The highest BCUT2D eigenvalue weighted by Crippen LogP contribution is 2.18. The first kappa shape index (κ1) is 15.9. The average Bonchev–Trinajstić information content (AvgIpc) is 2.82. The molecular weight excluding hydrogens is 250 g/mol. The maximum atomic E-state index is 12.3. The van der Waals surface area contributed by atoms with Crippen LogP contribution in [0, 0.1) is 0 Å². The zero-order valence-corrected chi connectivity index (χ0v) is 11.4. The third-order valence-corrected chi connectivity index (χ3v) is 3.33. The van der Waals surface area contributed by atoms with E-state index in [0.29, 0.717) is 6.54 Å².